The van der Waals surface area contributed by atoms with E-state index in [1.165, 1.54) is 49.4 Å². The Morgan fingerprint density at radius 2 is 1.08 bits per heavy atom. The number of nitrogens with zero attached hydrogens (tertiary/aromatic N) is 2. The molecule has 240 valence electrons. The van der Waals surface area contributed by atoms with Crippen molar-refractivity contribution in [2.75, 3.05) is 0 Å². The van der Waals surface area contributed by atoms with Crippen molar-refractivity contribution in [3.8, 4) is 0 Å². The Labute approximate surface area is 351 Å². The Bertz CT molecular complexity index is 1730. The Balaban J connectivity index is 0. The molecule has 10 heteroatoms. The summed E-state index contributed by atoms with van der Waals surface area (Å²) in [4.78, 5) is 8.31. The zero-order valence-corrected chi connectivity index (χ0v) is 37.2. The Morgan fingerprint density at radius 3 is 1.56 bits per heavy atom. The average Bonchev–Trinajstić information content (AvgIpc) is 3.78. The molecule has 2 nitrogen and oxygen atoms in total. The van der Waals surface area contributed by atoms with Crippen LogP contribution in [0.2, 0.25) is 26.2 Å². The van der Waals surface area contributed by atoms with Crippen molar-refractivity contribution < 1.29 is 102 Å². The molecule has 4 aliphatic rings. The Morgan fingerprint density at radius 1 is 0.583 bits per heavy atom. The quantitative estimate of drug-likeness (QED) is 0.152. The van der Waals surface area contributed by atoms with Crippen LogP contribution in [0.1, 0.15) is 0 Å². The zero-order valence-electron chi connectivity index (χ0n) is 27.3. The molecule has 2 heterocycles. The SMILES string of the molecule is C[Si](C)=CC1=CC2=CC=NC2=C1.C[Si](C)=CC1=CC2=CN=CC2=C1.[Cl-].[Cl-].[Cl-].[Cl-].[Zr+4].[Zr+4].c1ccc2[cH-]ccc2c1.c1ccc2[cH-]ccc2c1. The van der Waals surface area contributed by atoms with E-state index in [-0.39, 0.29) is 119 Å². The minimum Gasteiger partial charge on any atom is -1.00 e. The van der Waals surface area contributed by atoms with Crippen LogP contribution in [0, 0.1) is 0 Å². The van der Waals surface area contributed by atoms with Gasteiger partial charge in [0.15, 0.2) is 0 Å². The van der Waals surface area contributed by atoms with E-state index in [4.69, 9.17) is 0 Å². The third kappa shape index (κ3) is 14.4. The Kier molecular flexibility index (Phi) is 25.0. The molecule has 0 saturated heterocycles. The number of halogens is 4. The van der Waals surface area contributed by atoms with Crippen LogP contribution in [0.3, 0.4) is 0 Å². The van der Waals surface area contributed by atoms with E-state index in [1.807, 2.05) is 18.6 Å². The van der Waals surface area contributed by atoms with Gasteiger partial charge in [-0.2, -0.15) is 35.0 Å². The second kappa shape index (κ2) is 24.6. The summed E-state index contributed by atoms with van der Waals surface area (Å²) in [5, 5.41) is 5.32. The van der Waals surface area contributed by atoms with Crippen molar-refractivity contribution in [2.24, 2.45) is 9.98 Å². The standard InChI is InChI=1S/2C10H11NSi.2C9H7.4ClH.2Zr/c1-12(2)7-8-3-9-5-11-6-10(9)4-8;1-12(2)7-8-5-9-3-4-11-10(9)6-8;2*1-2-5-9-7-3-6-8(9)4-1;;;;;;/h2*3-7H,1-2H3;2*1-7H;4*1H;;/q;;2*-1;;;;;2*+4/p-4. The van der Waals surface area contributed by atoms with Crippen molar-refractivity contribution in [3.05, 3.63) is 155 Å². The topological polar surface area (TPSA) is 24.7 Å². The second-order valence-electron chi connectivity index (χ2n) is 10.9. The molecule has 0 radical (unpaired) electrons. The van der Waals surface area contributed by atoms with Gasteiger partial charge in [0.1, 0.15) is 0 Å². The number of benzene rings is 2. The van der Waals surface area contributed by atoms with Crippen LogP contribution in [0.5, 0.6) is 0 Å². The molecule has 0 saturated carbocycles. The summed E-state index contributed by atoms with van der Waals surface area (Å²) in [7, 11) is -0.522. The predicted octanol–water partition coefficient (Wildman–Crippen LogP) is -2.95. The summed E-state index contributed by atoms with van der Waals surface area (Å²) >= 11 is 0. The van der Waals surface area contributed by atoms with Gasteiger partial charge in [0.2, 0.25) is 0 Å². The summed E-state index contributed by atoms with van der Waals surface area (Å²) < 4.78 is 0. The number of aliphatic imine (C=N–C) groups is 2. The molecular weight excluding hydrogens is 865 g/mol. The van der Waals surface area contributed by atoms with Crippen LogP contribution in [0.25, 0.3) is 21.5 Å². The van der Waals surface area contributed by atoms with Gasteiger partial charge in [-0.05, 0) is 41.5 Å². The number of hydrogen-bond donors (Lipinski definition) is 0. The molecule has 0 spiro atoms. The summed E-state index contributed by atoms with van der Waals surface area (Å²) in [5.41, 5.74) is 12.4. The molecular formula is C38H36Cl4N2Si2Zr2+2. The summed E-state index contributed by atoms with van der Waals surface area (Å²) in [6, 6.07) is 29.3. The first-order chi connectivity index (χ1) is 20.4. The predicted molar refractivity (Wildman–Crippen MR) is 192 cm³/mol. The zero-order chi connectivity index (χ0) is 29.3. The molecule has 0 amide bonds. The molecule has 0 fully saturated rings. The van der Waals surface area contributed by atoms with Crippen molar-refractivity contribution >= 4 is 62.1 Å². The molecule has 2 aliphatic carbocycles. The van der Waals surface area contributed by atoms with Gasteiger partial charge in [-0.3, -0.25) is 9.98 Å². The van der Waals surface area contributed by atoms with E-state index >= 15 is 0 Å². The van der Waals surface area contributed by atoms with Crippen LogP contribution in [-0.4, -0.2) is 40.6 Å². The smallest absolute Gasteiger partial charge is 1.00 e. The fourth-order valence-electron chi connectivity index (χ4n) is 4.94. The maximum atomic E-state index is 4.24. The fourth-order valence-corrected chi connectivity index (χ4v) is 6.61. The molecule has 8 rings (SSSR count). The van der Waals surface area contributed by atoms with Crippen molar-refractivity contribution in [1.82, 2.24) is 0 Å². The van der Waals surface area contributed by atoms with Crippen LogP contribution in [-0.2, 0) is 52.4 Å². The normalized spacial score (nSPS) is 13.0. The molecule has 0 bridgehead atoms. The van der Waals surface area contributed by atoms with Gasteiger partial charge in [-0.1, -0.05) is 49.7 Å². The van der Waals surface area contributed by atoms with Crippen LogP contribution < -0.4 is 49.6 Å². The molecule has 48 heavy (non-hydrogen) atoms. The van der Waals surface area contributed by atoms with Crippen molar-refractivity contribution in [3.63, 3.8) is 0 Å². The van der Waals surface area contributed by atoms with Crippen molar-refractivity contribution in [2.45, 2.75) is 26.2 Å². The van der Waals surface area contributed by atoms with E-state index in [1.54, 1.807) is 0 Å². The minimum absolute atomic E-state index is 0. The first kappa shape index (κ1) is 48.7. The molecule has 0 atom stereocenters. The molecule has 4 aromatic carbocycles. The van der Waals surface area contributed by atoms with E-state index in [9.17, 15) is 0 Å². The van der Waals surface area contributed by atoms with E-state index in [2.05, 4.69) is 163 Å². The van der Waals surface area contributed by atoms with E-state index in [0.717, 1.165) is 5.70 Å². The number of allylic oxidation sites excluding steroid dienone is 9. The summed E-state index contributed by atoms with van der Waals surface area (Å²) in [5.74, 6) is 0. The van der Waals surface area contributed by atoms with Crippen LogP contribution in [0.4, 0.5) is 0 Å². The average molecular weight is 901 g/mol. The third-order valence-corrected chi connectivity index (χ3v) is 8.62. The van der Waals surface area contributed by atoms with Gasteiger partial charge >= 0.3 is 52.4 Å². The second-order valence-corrected chi connectivity index (χ2v) is 15.8. The maximum Gasteiger partial charge on any atom is 4.00 e. The van der Waals surface area contributed by atoms with Crippen LogP contribution in [0.15, 0.2) is 165 Å². The van der Waals surface area contributed by atoms with Gasteiger partial charge in [0, 0.05) is 52.2 Å². The van der Waals surface area contributed by atoms with Gasteiger partial charge in [-0.15, -0.1) is 59.3 Å². The van der Waals surface area contributed by atoms with E-state index in [0.29, 0.717) is 0 Å². The molecule has 0 unspecified atom stereocenters. The fraction of sp³-hybridized carbons (Fsp3) is 0.105. The first-order valence-corrected chi connectivity index (χ1v) is 19.5. The molecule has 0 N–H and O–H groups in total. The largest absolute Gasteiger partial charge is 4.00 e. The number of rotatable bonds is 2. The summed E-state index contributed by atoms with van der Waals surface area (Å²) in [6.07, 6.45) is 16.5. The van der Waals surface area contributed by atoms with Gasteiger partial charge < -0.3 is 49.6 Å². The van der Waals surface area contributed by atoms with Gasteiger partial charge in [-0.25, -0.2) is 0 Å². The monoisotopic (exact) mass is 896 g/mol. The maximum absolute atomic E-state index is 4.24. The number of fused-ring (bicyclic) bond motifs is 4. The van der Waals surface area contributed by atoms with Crippen LogP contribution >= 0.6 is 0 Å². The van der Waals surface area contributed by atoms with Gasteiger partial charge in [0.25, 0.3) is 0 Å². The van der Waals surface area contributed by atoms with Gasteiger partial charge in [0.05, 0.1) is 5.70 Å². The minimum atomic E-state index is -0.265. The molecule has 2 aliphatic heterocycles. The summed E-state index contributed by atoms with van der Waals surface area (Å²) in [6.45, 7) is 9.16. The molecule has 0 aromatic heterocycles. The Hall–Kier alpha value is -1.46. The van der Waals surface area contributed by atoms with E-state index < -0.39 is 0 Å². The number of hydrogen-bond acceptors (Lipinski definition) is 2. The third-order valence-electron chi connectivity index (χ3n) is 6.80. The van der Waals surface area contributed by atoms with Crippen molar-refractivity contribution in [1.29, 1.82) is 0 Å². The molecule has 4 aromatic rings. The first-order valence-electron chi connectivity index (χ1n) is 14.3.